The van der Waals surface area contributed by atoms with Crippen LogP contribution in [0.25, 0.3) is 0 Å². The summed E-state index contributed by atoms with van der Waals surface area (Å²) >= 11 is 0. The Labute approximate surface area is 34.5 Å². The highest BCUT2D eigenvalue weighted by Crippen LogP contribution is 1.75. The third kappa shape index (κ3) is 1.34. The van der Waals surface area contributed by atoms with Gasteiger partial charge >= 0.3 is 5.97 Å². The molecule has 0 heterocycles. The lowest BCUT2D eigenvalue weighted by atomic mass is 10.6. The zero-order valence-corrected chi connectivity index (χ0v) is 3.01. The fourth-order valence-electron chi connectivity index (χ4n) is 0. The van der Waals surface area contributed by atoms with Crippen LogP contribution in [0.5, 0.6) is 0 Å². The molecule has 0 saturated heterocycles. The number of hydrogen-bond donors (Lipinski definition) is 2. The van der Waals surface area contributed by atoms with Crippen molar-refractivity contribution in [3.8, 4) is 0 Å². The predicted octanol–water partition coefficient (Wildman–Crippen LogP) is 0.143. The number of aliphatic hydroxyl groups is 1. The van der Waals surface area contributed by atoms with Crippen LogP contribution in [0.15, 0.2) is 12.3 Å². The minimum Gasteiger partial charge on any atom is -0.502 e. The molecule has 0 aromatic carbocycles. The highest BCUT2D eigenvalue weighted by Gasteiger charge is 1.94. The van der Waals surface area contributed by atoms with Crippen molar-refractivity contribution in [3.05, 3.63) is 12.3 Å². The van der Waals surface area contributed by atoms with E-state index in [-0.39, 0.29) is 0 Å². The summed E-state index contributed by atoms with van der Waals surface area (Å²) in [4.78, 5) is 9.35. The summed E-state index contributed by atoms with van der Waals surface area (Å²) in [5.74, 6) is -2.20. The molecule has 0 aliphatic carbocycles. The molecule has 0 bridgehead atoms. The van der Waals surface area contributed by atoms with Crippen molar-refractivity contribution in [2.75, 3.05) is 0 Å². The smallest absolute Gasteiger partial charge is 0.370 e. The van der Waals surface area contributed by atoms with Crippen molar-refractivity contribution in [1.82, 2.24) is 0 Å². The molecule has 0 rings (SSSR count). The number of aliphatic hydroxyl groups excluding tert-OH is 1. The lowest BCUT2D eigenvalue weighted by Crippen LogP contribution is -1.95. The fourth-order valence-corrected chi connectivity index (χ4v) is 0. The van der Waals surface area contributed by atoms with Crippen LogP contribution < -0.4 is 0 Å². The number of carboxylic acid groups (broad SMARTS) is 1. The van der Waals surface area contributed by atoms with Gasteiger partial charge in [0.05, 0.1) is 0 Å². The van der Waals surface area contributed by atoms with Gasteiger partial charge in [0.2, 0.25) is 0 Å². The average molecular weight is 88.1 g/mol. The van der Waals surface area contributed by atoms with E-state index >= 15 is 0 Å². The van der Waals surface area contributed by atoms with E-state index < -0.39 is 11.7 Å². The first kappa shape index (κ1) is 5.01. The number of hydrogen-bond acceptors (Lipinski definition) is 2. The summed E-state index contributed by atoms with van der Waals surface area (Å²) in [7, 11) is 0. The third-order valence-corrected chi connectivity index (χ3v) is 0.247. The Morgan fingerprint density at radius 2 is 1.67 bits per heavy atom. The first-order valence-corrected chi connectivity index (χ1v) is 1.25. The fraction of sp³-hybridized carbons (Fsp3) is 0. The van der Waals surface area contributed by atoms with Crippen molar-refractivity contribution >= 4 is 5.97 Å². The zero-order chi connectivity index (χ0) is 5.15. The summed E-state index contributed by atoms with van der Waals surface area (Å²) in [5, 5.41) is 15.5. The number of carboxylic acids is 1. The number of rotatable bonds is 1. The van der Waals surface area contributed by atoms with Gasteiger partial charge in [-0.2, -0.15) is 0 Å². The highest BCUT2D eigenvalue weighted by atomic mass is 16.4. The molecule has 0 radical (unpaired) electrons. The van der Waals surface area contributed by atoms with E-state index in [2.05, 4.69) is 6.58 Å². The van der Waals surface area contributed by atoms with Crippen LogP contribution in [0, 0.1) is 0 Å². The maximum atomic E-state index is 9.35. The standard InChI is InChI=1S/C3H4O3/c1-2(4)3(5)6/h4H,1H2,(H,5,6). The molecule has 3 heteroatoms. The van der Waals surface area contributed by atoms with Crippen LogP contribution in [-0.4, -0.2) is 16.2 Å². The van der Waals surface area contributed by atoms with E-state index in [1.165, 1.54) is 0 Å². The van der Waals surface area contributed by atoms with E-state index in [1.54, 1.807) is 0 Å². The lowest BCUT2D eigenvalue weighted by Gasteiger charge is -1.79. The third-order valence-electron chi connectivity index (χ3n) is 0.247. The first-order valence-electron chi connectivity index (χ1n) is 1.25. The van der Waals surface area contributed by atoms with Crippen LogP contribution in [0.2, 0.25) is 0 Å². The molecular formula is C3H4O3. The Bertz CT molecular complexity index is 72.0. The lowest BCUT2D eigenvalue weighted by molar-refractivity contribution is -0.135. The zero-order valence-electron chi connectivity index (χ0n) is 3.01. The second kappa shape index (κ2) is 1.45. The summed E-state index contributed by atoms with van der Waals surface area (Å²) in [6.45, 7) is 2.71. The topological polar surface area (TPSA) is 57.5 Å². The first-order chi connectivity index (χ1) is 2.64. The summed E-state index contributed by atoms with van der Waals surface area (Å²) in [6.07, 6.45) is 0. The van der Waals surface area contributed by atoms with E-state index in [9.17, 15) is 4.79 Å². The van der Waals surface area contributed by atoms with Gasteiger partial charge in [0.15, 0.2) is 5.76 Å². The molecule has 0 aliphatic rings. The maximum absolute atomic E-state index is 9.35. The van der Waals surface area contributed by atoms with Gasteiger partial charge in [-0.1, -0.05) is 0 Å². The predicted molar refractivity (Wildman–Crippen MR) is 19.4 cm³/mol. The Morgan fingerprint density at radius 3 is 1.67 bits per heavy atom. The minimum absolute atomic E-state index is 0.824. The number of carbonyl (C=O) groups is 1. The molecule has 0 fully saturated rings. The molecule has 34 valence electrons. The normalized spacial score (nSPS) is 7.33. The van der Waals surface area contributed by atoms with Crippen LogP contribution in [0.4, 0.5) is 0 Å². The quantitative estimate of drug-likeness (QED) is 0.354. The second-order valence-electron chi connectivity index (χ2n) is 0.752. The van der Waals surface area contributed by atoms with E-state index in [1.807, 2.05) is 0 Å². The van der Waals surface area contributed by atoms with Crippen LogP contribution in [0.1, 0.15) is 0 Å². The molecule has 0 amide bonds. The molecule has 0 aromatic heterocycles. The molecule has 0 saturated carbocycles. The van der Waals surface area contributed by atoms with Gasteiger partial charge in [-0.25, -0.2) is 4.79 Å². The molecule has 2 N–H and O–H groups in total. The Balaban J connectivity index is 3.57. The average Bonchev–Trinajstić information content (AvgIpc) is 1.36. The number of aliphatic carboxylic acids is 1. The van der Waals surface area contributed by atoms with Crippen molar-refractivity contribution in [3.63, 3.8) is 0 Å². The monoisotopic (exact) mass is 88.0 g/mol. The van der Waals surface area contributed by atoms with E-state index in [0.717, 1.165) is 0 Å². The van der Waals surface area contributed by atoms with E-state index in [4.69, 9.17) is 10.2 Å². The minimum atomic E-state index is -1.38. The molecule has 0 aromatic rings. The van der Waals surface area contributed by atoms with Gasteiger partial charge in [-0.05, 0) is 6.58 Å². The largest absolute Gasteiger partial charge is 0.502 e. The maximum Gasteiger partial charge on any atom is 0.370 e. The van der Waals surface area contributed by atoms with Gasteiger partial charge in [0.1, 0.15) is 0 Å². The summed E-state index contributed by atoms with van der Waals surface area (Å²) in [6, 6.07) is 0. The summed E-state index contributed by atoms with van der Waals surface area (Å²) < 4.78 is 0. The van der Waals surface area contributed by atoms with Crippen molar-refractivity contribution in [2.24, 2.45) is 0 Å². The molecular weight excluding hydrogens is 84.0 g/mol. The van der Waals surface area contributed by atoms with Crippen molar-refractivity contribution < 1.29 is 15.0 Å². The van der Waals surface area contributed by atoms with Crippen LogP contribution in [-0.2, 0) is 4.79 Å². The Kier molecular flexibility index (Phi) is 1.21. The van der Waals surface area contributed by atoms with Crippen LogP contribution in [0.3, 0.4) is 0 Å². The molecule has 6 heavy (non-hydrogen) atoms. The molecule has 0 atom stereocenters. The van der Waals surface area contributed by atoms with Crippen LogP contribution >= 0.6 is 0 Å². The van der Waals surface area contributed by atoms with Gasteiger partial charge in [0, 0.05) is 0 Å². The van der Waals surface area contributed by atoms with Gasteiger partial charge in [0.25, 0.3) is 0 Å². The van der Waals surface area contributed by atoms with Crippen molar-refractivity contribution in [2.45, 2.75) is 0 Å². The Morgan fingerprint density at radius 1 is 1.50 bits per heavy atom. The van der Waals surface area contributed by atoms with Gasteiger partial charge < -0.3 is 10.2 Å². The SMILES string of the molecule is C=C(O)C(=O)O. The highest BCUT2D eigenvalue weighted by molar-refractivity contribution is 5.82. The van der Waals surface area contributed by atoms with Gasteiger partial charge in [-0.15, -0.1) is 0 Å². The van der Waals surface area contributed by atoms with Crippen molar-refractivity contribution in [1.29, 1.82) is 0 Å². The second-order valence-corrected chi connectivity index (χ2v) is 0.752. The van der Waals surface area contributed by atoms with Gasteiger partial charge in [-0.3, -0.25) is 0 Å². The molecule has 3 nitrogen and oxygen atoms in total. The summed E-state index contributed by atoms with van der Waals surface area (Å²) in [5.41, 5.74) is 0. The molecule has 0 unspecified atom stereocenters. The Hall–Kier alpha value is -0.990. The molecule has 0 spiro atoms. The molecule has 0 aliphatic heterocycles. The van der Waals surface area contributed by atoms with E-state index in [0.29, 0.717) is 0 Å².